The lowest BCUT2D eigenvalue weighted by Crippen LogP contribution is -2.16. The third-order valence-electron chi connectivity index (χ3n) is 3.59. The van der Waals surface area contributed by atoms with Crippen molar-refractivity contribution < 1.29 is 14.7 Å². The molecule has 0 fully saturated rings. The van der Waals surface area contributed by atoms with E-state index in [9.17, 15) is 14.9 Å². The summed E-state index contributed by atoms with van der Waals surface area (Å²) in [5, 5.41) is 26.4. The zero-order valence-electron chi connectivity index (χ0n) is 14.8. The van der Waals surface area contributed by atoms with Gasteiger partial charge in [0.25, 0.3) is 5.91 Å². The first-order chi connectivity index (χ1) is 13.0. The molecule has 0 unspecified atom stereocenters. The maximum Gasteiger partial charge on any atom is 0.267 e. The molecular formula is C20H20N4O3. The van der Waals surface area contributed by atoms with Gasteiger partial charge in [-0.2, -0.15) is 5.26 Å². The van der Waals surface area contributed by atoms with Gasteiger partial charge in [-0.15, -0.1) is 0 Å². The van der Waals surface area contributed by atoms with Crippen LogP contribution < -0.4 is 16.0 Å². The van der Waals surface area contributed by atoms with E-state index >= 15 is 0 Å². The second-order valence-corrected chi connectivity index (χ2v) is 5.74. The van der Waals surface area contributed by atoms with Crippen molar-refractivity contribution in [3.8, 4) is 6.07 Å². The molecule has 0 bridgehead atoms. The fourth-order valence-corrected chi connectivity index (χ4v) is 2.22. The number of nitriles is 1. The summed E-state index contributed by atoms with van der Waals surface area (Å²) in [5.41, 5.74) is 2.83. The van der Waals surface area contributed by atoms with Crippen molar-refractivity contribution in [2.24, 2.45) is 0 Å². The first kappa shape index (κ1) is 19.7. The van der Waals surface area contributed by atoms with E-state index in [0.717, 1.165) is 11.1 Å². The van der Waals surface area contributed by atoms with Gasteiger partial charge in [-0.05, 0) is 35.4 Å². The summed E-state index contributed by atoms with van der Waals surface area (Å²) >= 11 is 0. The number of benzene rings is 2. The lowest BCUT2D eigenvalue weighted by Gasteiger charge is -2.07. The van der Waals surface area contributed by atoms with Crippen molar-refractivity contribution in [3.05, 3.63) is 71.4 Å². The first-order valence-corrected chi connectivity index (χ1v) is 8.23. The molecule has 2 aromatic rings. The molecule has 0 atom stereocenters. The number of anilines is 2. The molecule has 2 aromatic carbocycles. The Kier molecular flexibility index (Phi) is 7.11. The number of aliphatic hydroxyl groups excluding tert-OH is 1. The summed E-state index contributed by atoms with van der Waals surface area (Å²) in [6.45, 7) is 1.83. The Hall–Kier alpha value is -3.63. The van der Waals surface area contributed by atoms with Crippen LogP contribution in [-0.2, 0) is 22.7 Å². The number of amides is 2. The molecular weight excluding hydrogens is 344 g/mol. The van der Waals surface area contributed by atoms with E-state index in [-0.39, 0.29) is 18.1 Å². The van der Waals surface area contributed by atoms with Gasteiger partial charge >= 0.3 is 0 Å². The first-order valence-electron chi connectivity index (χ1n) is 8.23. The molecule has 2 rings (SSSR count). The monoisotopic (exact) mass is 364 g/mol. The van der Waals surface area contributed by atoms with E-state index in [1.807, 2.05) is 30.3 Å². The predicted molar refractivity (Wildman–Crippen MR) is 102 cm³/mol. The molecule has 27 heavy (non-hydrogen) atoms. The Morgan fingerprint density at radius 3 is 2.07 bits per heavy atom. The maximum absolute atomic E-state index is 12.2. The minimum absolute atomic E-state index is 0.0157. The van der Waals surface area contributed by atoms with Crippen LogP contribution in [0.1, 0.15) is 18.1 Å². The van der Waals surface area contributed by atoms with Gasteiger partial charge in [-0.3, -0.25) is 9.59 Å². The number of nitrogens with one attached hydrogen (secondary N) is 3. The van der Waals surface area contributed by atoms with Gasteiger partial charge in [0, 0.05) is 31.0 Å². The van der Waals surface area contributed by atoms with Gasteiger partial charge in [0.15, 0.2) is 0 Å². The topological polar surface area (TPSA) is 114 Å². The number of aliphatic hydroxyl groups is 1. The maximum atomic E-state index is 12.2. The molecule has 138 valence electrons. The van der Waals surface area contributed by atoms with Crippen LogP contribution in [0.2, 0.25) is 0 Å². The van der Waals surface area contributed by atoms with Crippen molar-refractivity contribution >= 4 is 23.2 Å². The summed E-state index contributed by atoms with van der Waals surface area (Å²) in [6.07, 6.45) is 1.36. The highest BCUT2D eigenvalue weighted by Crippen LogP contribution is 2.14. The second-order valence-electron chi connectivity index (χ2n) is 5.74. The number of nitrogens with zero attached hydrogens (tertiary/aromatic N) is 1. The van der Waals surface area contributed by atoms with Crippen LogP contribution in [-0.4, -0.2) is 16.9 Å². The standard InChI is InChI=1S/C20H20N4O3/c1-14(26)23-18-6-8-19(9-7-18)24-20(27)17(10-21)12-22-11-15-2-4-16(13-25)5-3-15/h2-9,12,22,25H,11,13H2,1H3,(H,23,26)(H,24,27)/b17-12-. The lowest BCUT2D eigenvalue weighted by atomic mass is 10.1. The summed E-state index contributed by atoms with van der Waals surface area (Å²) in [6, 6.07) is 15.8. The highest BCUT2D eigenvalue weighted by Gasteiger charge is 2.09. The molecule has 2 amide bonds. The summed E-state index contributed by atoms with van der Waals surface area (Å²) in [4.78, 5) is 23.2. The van der Waals surface area contributed by atoms with Crippen LogP contribution in [0, 0.1) is 11.3 Å². The molecule has 0 aromatic heterocycles. The molecule has 0 saturated carbocycles. The molecule has 0 aliphatic carbocycles. The Bertz CT molecular complexity index is 866. The van der Waals surface area contributed by atoms with E-state index in [1.165, 1.54) is 13.1 Å². The fourth-order valence-electron chi connectivity index (χ4n) is 2.22. The van der Waals surface area contributed by atoms with Gasteiger partial charge in [0.05, 0.1) is 6.61 Å². The fraction of sp³-hybridized carbons (Fsp3) is 0.150. The van der Waals surface area contributed by atoms with Crippen LogP contribution >= 0.6 is 0 Å². The molecule has 7 heteroatoms. The number of carbonyl (C=O) groups excluding carboxylic acids is 2. The Morgan fingerprint density at radius 2 is 1.56 bits per heavy atom. The second kappa shape index (κ2) is 9.75. The number of rotatable bonds is 7. The summed E-state index contributed by atoms with van der Waals surface area (Å²) in [5.74, 6) is -0.716. The van der Waals surface area contributed by atoms with Gasteiger partial charge in [0.2, 0.25) is 5.91 Å². The van der Waals surface area contributed by atoms with Crippen molar-refractivity contribution in [2.45, 2.75) is 20.1 Å². The van der Waals surface area contributed by atoms with Crippen molar-refractivity contribution in [2.75, 3.05) is 10.6 Å². The smallest absolute Gasteiger partial charge is 0.267 e. The van der Waals surface area contributed by atoms with Gasteiger partial charge in [-0.1, -0.05) is 24.3 Å². The van der Waals surface area contributed by atoms with Crippen LogP contribution in [0.4, 0.5) is 11.4 Å². The Morgan fingerprint density at radius 1 is 1.00 bits per heavy atom. The van der Waals surface area contributed by atoms with Gasteiger partial charge < -0.3 is 21.1 Å². The highest BCUT2D eigenvalue weighted by molar-refractivity contribution is 6.06. The molecule has 0 aliphatic rings. The third kappa shape index (κ3) is 6.30. The van der Waals surface area contributed by atoms with Crippen molar-refractivity contribution in [1.29, 1.82) is 5.26 Å². The molecule has 7 nitrogen and oxygen atoms in total. The molecule has 0 spiro atoms. The van der Waals surface area contributed by atoms with E-state index in [4.69, 9.17) is 5.11 Å². The number of hydrogen-bond donors (Lipinski definition) is 4. The predicted octanol–water partition coefficient (Wildman–Crippen LogP) is 2.27. The van der Waals surface area contributed by atoms with E-state index in [2.05, 4.69) is 16.0 Å². The highest BCUT2D eigenvalue weighted by atomic mass is 16.3. The number of hydrogen-bond acceptors (Lipinski definition) is 5. The van der Waals surface area contributed by atoms with Gasteiger partial charge in [-0.25, -0.2) is 0 Å². The van der Waals surface area contributed by atoms with E-state index in [1.54, 1.807) is 24.3 Å². The quantitative estimate of drug-likeness (QED) is 0.444. The minimum atomic E-state index is -0.534. The van der Waals surface area contributed by atoms with Crippen LogP contribution in [0.15, 0.2) is 60.3 Å². The largest absolute Gasteiger partial charge is 0.392 e. The van der Waals surface area contributed by atoms with E-state index < -0.39 is 5.91 Å². The zero-order chi connectivity index (χ0) is 19.6. The molecule has 0 saturated heterocycles. The molecule has 4 N–H and O–H groups in total. The normalized spacial score (nSPS) is 10.6. The lowest BCUT2D eigenvalue weighted by molar-refractivity contribution is -0.114. The van der Waals surface area contributed by atoms with Crippen molar-refractivity contribution in [1.82, 2.24) is 5.32 Å². The summed E-state index contributed by atoms with van der Waals surface area (Å²) in [7, 11) is 0. The van der Waals surface area contributed by atoms with Crippen LogP contribution in [0.25, 0.3) is 0 Å². The SMILES string of the molecule is CC(=O)Nc1ccc(NC(=O)/C(C#N)=C\NCc2ccc(CO)cc2)cc1. The Labute approximate surface area is 157 Å². The summed E-state index contributed by atoms with van der Waals surface area (Å²) < 4.78 is 0. The zero-order valence-corrected chi connectivity index (χ0v) is 14.8. The number of carbonyl (C=O) groups is 2. The average molecular weight is 364 g/mol. The third-order valence-corrected chi connectivity index (χ3v) is 3.59. The molecule has 0 heterocycles. The molecule has 0 radical (unpaired) electrons. The molecule has 0 aliphatic heterocycles. The van der Waals surface area contributed by atoms with Crippen molar-refractivity contribution in [3.63, 3.8) is 0 Å². The van der Waals surface area contributed by atoms with Crippen LogP contribution in [0.5, 0.6) is 0 Å². The van der Waals surface area contributed by atoms with Crippen LogP contribution in [0.3, 0.4) is 0 Å². The average Bonchev–Trinajstić information content (AvgIpc) is 2.67. The Balaban J connectivity index is 1.93. The van der Waals surface area contributed by atoms with Gasteiger partial charge in [0.1, 0.15) is 11.6 Å². The minimum Gasteiger partial charge on any atom is -0.392 e. The van der Waals surface area contributed by atoms with E-state index in [0.29, 0.717) is 17.9 Å².